The quantitative estimate of drug-likeness (QED) is 0.911. The second kappa shape index (κ2) is 6.75. The zero-order chi connectivity index (χ0) is 14.5. The topological polar surface area (TPSA) is 41.6 Å². The maximum atomic E-state index is 12.3. The summed E-state index contributed by atoms with van der Waals surface area (Å²) >= 11 is 0. The van der Waals surface area contributed by atoms with Gasteiger partial charge in [0.15, 0.2) is 0 Å². The fourth-order valence-corrected chi connectivity index (χ4v) is 2.46. The fraction of sp³-hybridized carbons (Fsp3) is 0.562. The van der Waals surface area contributed by atoms with Crippen LogP contribution in [0.3, 0.4) is 0 Å². The molecular weight excluding hydrogens is 252 g/mol. The molecule has 20 heavy (non-hydrogen) atoms. The van der Waals surface area contributed by atoms with Crippen molar-refractivity contribution in [2.45, 2.75) is 26.2 Å². The number of rotatable bonds is 4. The Balaban J connectivity index is 2.09. The van der Waals surface area contributed by atoms with Gasteiger partial charge in [-0.25, -0.2) is 0 Å². The van der Waals surface area contributed by atoms with E-state index >= 15 is 0 Å². The summed E-state index contributed by atoms with van der Waals surface area (Å²) in [6, 6.07) is 6.16. The van der Waals surface area contributed by atoms with Gasteiger partial charge >= 0.3 is 0 Å². The number of nitrogens with one attached hydrogen (secondary N) is 1. The highest BCUT2D eigenvalue weighted by Gasteiger charge is 2.18. The molecule has 110 valence electrons. The predicted molar refractivity (Wildman–Crippen MR) is 80.2 cm³/mol. The lowest BCUT2D eigenvalue weighted by molar-refractivity contribution is -0.131. The summed E-state index contributed by atoms with van der Waals surface area (Å²) in [4.78, 5) is 14.2. The second-order valence-electron chi connectivity index (χ2n) is 5.53. The Morgan fingerprint density at radius 3 is 2.65 bits per heavy atom. The number of hydrogen-bond donors (Lipinski definition) is 1. The lowest BCUT2D eigenvalue weighted by Crippen LogP contribution is -2.46. The van der Waals surface area contributed by atoms with Crippen molar-refractivity contribution < 1.29 is 9.53 Å². The summed E-state index contributed by atoms with van der Waals surface area (Å²) in [5.74, 6) is 1.46. The minimum atomic E-state index is 0.182. The first-order chi connectivity index (χ1) is 9.61. The number of nitrogens with zero attached hydrogens (tertiary/aromatic N) is 1. The molecule has 1 aromatic carbocycles. The molecule has 1 aromatic rings. The summed E-state index contributed by atoms with van der Waals surface area (Å²) < 4.78 is 5.44. The van der Waals surface area contributed by atoms with E-state index in [0.717, 1.165) is 37.5 Å². The van der Waals surface area contributed by atoms with Crippen molar-refractivity contribution in [2.75, 3.05) is 33.3 Å². The number of carbonyl (C=O) groups excluding carboxylic acids is 1. The van der Waals surface area contributed by atoms with Crippen molar-refractivity contribution in [1.29, 1.82) is 0 Å². The van der Waals surface area contributed by atoms with Crippen molar-refractivity contribution in [1.82, 2.24) is 10.2 Å². The lowest BCUT2D eigenvalue weighted by Gasteiger charge is -2.27. The third-order valence-corrected chi connectivity index (χ3v) is 3.79. The molecule has 0 aliphatic carbocycles. The van der Waals surface area contributed by atoms with E-state index in [9.17, 15) is 4.79 Å². The van der Waals surface area contributed by atoms with Gasteiger partial charge in [0.1, 0.15) is 5.75 Å². The van der Waals surface area contributed by atoms with Crippen molar-refractivity contribution in [3.63, 3.8) is 0 Å². The number of amides is 1. The molecule has 0 atom stereocenters. The minimum Gasteiger partial charge on any atom is -0.496 e. The lowest BCUT2D eigenvalue weighted by atomic mass is 9.99. The van der Waals surface area contributed by atoms with Crippen LogP contribution < -0.4 is 10.1 Å². The minimum absolute atomic E-state index is 0.182. The van der Waals surface area contributed by atoms with Crippen LogP contribution in [0.5, 0.6) is 5.75 Å². The number of hydrogen-bond acceptors (Lipinski definition) is 3. The molecule has 0 unspecified atom stereocenters. The van der Waals surface area contributed by atoms with Crippen LogP contribution in [0, 0.1) is 0 Å². The normalized spacial score (nSPS) is 15.5. The van der Waals surface area contributed by atoms with E-state index in [1.165, 1.54) is 5.56 Å². The monoisotopic (exact) mass is 276 g/mol. The van der Waals surface area contributed by atoms with Gasteiger partial charge in [0.05, 0.1) is 13.5 Å². The van der Waals surface area contributed by atoms with E-state index in [1.54, 1.807) is 7.11 Å². The Hall–Kier alpha value is -1.55. The van der Waals surface area contributed by atoms with Crippen LogP contribution >= 0.6 is 0 Å². The van der Waals surface area contributed by atoms with E-state index < -0.39 is 0 Å². The van der Waals surface area contributed by atoms with Crippen LogP contribution in [-0.4, -0.2) is 44.1 Å². The number of benzene rings is 1. The Morgan fingerprint density at radius 2 is 2.05 bits per heavy atom. The molecule has 4 heteroatoms. The van der Waals surface area contributed by atoms with Crippen LogP contribution in [-0.2, 0) is 11.2 Å². The average molecular weight is 276 g/mol. The summed E-state index contributed by atoms with van der Waals surface area (Å²) in [7, 11) is 1.66. The second-order valence-corrected chi connectivity index (χ2v) is 5.53. The van der Waals surface area contributed by atoms with Gasteiger partial charge in [0.25, 0.3) is 0 Å². The van der Waals surface area contributed by atoms with E-state index in [1.807, 2.05) is 17.0 Å². The molecule has 1 N–H and O–H groups in total. The van der Waals surface area contributed by atoms with Gasteiger partial charge in [0.2, 0.25) is 5.91 Å². The maximum Gasteiger partial charge on any atom is 0.227 e. The Morgan fingerprint density at radius 1 is 1.35 bits per heavy atom. The molecule has 1 amide bonds. The van der Waals surface area contributed by atoms with E-state index in [0.29, 0.717) is 12.3 Å². The van der Waals surface area contributed by atoms with Crippen LogP contribution in [0.15, 0.2) is 18.2 Å². The van der Waals surface area contributed by atoms with Gasteiger partial charge in [0, 0.05) is 31.7 Å². The molecule has 1 fully saturated rings. The smallest absolute Gasteiger partial charge is 0.227 e. The van der Waals surface area contributed by atoms with Gasteiger partial charge in [-0.15, -0.1) is 0 Å². The first-order valence-corrected chi connectivity index (χ1v) is 7.27. The average Bonchev–Trinajstić information content (AvgIpc) is 2.48. The molecule has 1 aliphatic rings. The zero-order valence-electron chi connectivity index (χ0n) is 12.6. The number of methoxy groups -OCH3 is 1. The number of carbonyl (C=O) groups is 1. The summed E-state index contributed by atoms with van der Waals surface area (Å²) in [5.41, 5.74) is 2.21. The molecule has 0 bridgehead atoms. The van der Waals surface area contributed by atoms with Crippen LogP contribution in [0.25, 0.3) is 0 Å². The third kappa shape index (κ3) is 3.51. The first-order valence-electron chi connectivity index (χ1n) is 7.27. The molecule has 2 rings (SSSR count). The van der Waals surface area contributed by atoms with Gasteiger partial charge in [-0.2, -0.15) is 0 Å². The van der Waals surface area contributed by atoms with Gasteiger partial charge in [-0.05, 0) is 17.5 Å². The Kier molecular flexibility index (Phi) is 5.01. The molecular formula is C16H24N2O2. The highest BCUT2D eigenvalue weighted by Crippen LogP contribution is 2.25. The zero-order valence-corrected chi connectivity index (χ0v) is 12.6. The van der Waals surface area contributed by atoms with Crippen molar-refractivity contribution in [3.8, 4) is 5.75 Å². The summed E-state index contributed by atoms with van der Waals surface area (Å²) in [6.45, 7) is 7.67. The predicted octanol–water partition coefficient (Wildman–Crippen LogP) is 1.79. The molecule has 4 nitrogen and oxygen atoms in total. The number of ether oxygens (including phenoxy) is 1. The first kappa shape index (κ1) is 14.9. The van der Waals surface area contributed by atoms with Gasteiger partial charge in [-0.3, -0.25) is 4.79 Å². The molecule has 0 saturated carbocycles. The summed E-state index contributed by atoms with van der Waals surface area (Å²) in [5, 5.41) is 3.26. The summed E-state index contributed by atoms with van der Waals surface area (Å²) in [6.07, 6.45) is 0.418. The third-order valence-electron chi connectivity index (χ3n) is 3.79. The van der Waals surface area contributed by atoms with E-state index in [4.69, 9.17) is 4.74 Å². The van der Waals surface area contributed by atoms with E-state index in [-0.39, 0.29) is 5.91 Å². The molecule has 0 spiro atoms. The van der Waals surface area contributed by atoms with Crippen molar-refractivity contribution in [2.24, 2.45) is 0 Å². The molecule has 1 heterocycles. The van der Waals surface area contributed by atoms with Gasteiger partial charge < -0.3 is 15.0 Å². The highest BCUT2D eigenvalue weighted by molar-refractivity contribution is 5.79. The van der Waals surface area contributed by atoms with Crippen molar-refractivity contribution >= 4 is 5.91 Å². The van der Waals surface area contributed by atoms with Crippen LogP contribution in [0.1, 0.15) is 30.9 Å². The van der Waals surface area contributed by atoms with Crippen LogP contribution in [0.2, 0.25) is 0 Å². The van der Waals surface area contributed by atoms with Gasteiger partial charge in [-0.1, -0.05) is 26.0 Å². The number of piperazine rings is 1. The molecule has 0 aromatic heterocycles. The van der Waals surface area contributed by atoms with Crippen molar-refractivity contribution in [3.05, 3.63) is 29.3 Å². The SMILES string of the molecule is COc1cc(C(C)C)ccc1CC(=O)N1CCNCC1. The highest BCUT2D eigenvalue weighted by atomic mass is 16.5. The molecule has 1 aliphatic heterocycles. The van der Waals surface area contributed by atoms with Crippen LogP contribution in [0.4, 0.5) is 0 Å². The standard InChI is InChI=1S/C16H24N2O2/c1-12(2)13-4-5-14(15(10-13)20-3)11-16(19)18-8-6-17-7-9-18/h4-5,10,12,17H,6-9,11H2,1-3H3. The maximum absolute atomic E-state index is 12.3. The Labute approximate surface area is 121 Å². The Bertz CT molecular complexity index is 466. The molecule has 1 saturated heterocycles. The largest absolute Gasteiger partial charge is 0.496 e. The molecule has 0 radical (unpaired) electrons. The van der Waals surface area contributed by atoms with E-state index in [2.05, 4.69) is 25.2 Å². The fourth-order valence-electron chi connectivity index (χ4n) is 2.46.